The zero-order chi connectivity index (χ0) is 21.7. The van der Waals surface area contributed by atoms with E-state index in [9.17, 15) is 14.4 Å². The number of carbonyl (C=O) groups excluding carboxylic acids is 3. The first-order valence-corrected chi connectivity index (χ1v) is 10.5. The van der Waals surface area contributed by atoms with Gasteiger partial charge in [0.25, 0.3) is 5.91 Å². The molecule has 1 aromatic carbocycles. The zero-order valence-corrected chi connectivity index (χ0v) is 17.8. The summed E-state index contributed by atoms with van der Waals surface area (Å²) < 4.78 is 10.7. The van der Waals surface area contributed by atoms with Crippen molar-refractivity contribution in [3.63, 3.8) is 0 Å². The van der Waals surface area contributed by atoms with Crippen molar-refractivity contribution in [1.82, 2.24) is 10.6 Å². The van der Waals surface area contributed by atoms with Crippen LogP contribution in [0.3, 0.4) is 0 Å². The Bertz CT molecular complexity index is 776. The zero-order valence-electron chi connectivity index (χ0n) is 17.8. The van der Waals surface area contributed by atoms with Crippen molar-refractivity contribution in [2.75, 3.05) is 37.8 Å². The van der Waals surface area contributed by atoms with Crippen LogP contribution in [0.5, 0.6) is 0 Å². The van der Waals surface area contributed by atoms with Crippen LogP contribution in [0.25, 0.3) is 0 Å². The molecular weight excluding hydrogens is 386 g/mol. The summed E-state index contributed by atoms with van der Waals surface area (Å²) in [5.41, 5.74) is 1.45. The molecule has 164 valence electrons. The van der Waals surface area contributed by atoms with Gasteiger partial charge in [0, 0.05) is 24.3 Å². The van der Waals surface area contributed by atoms with Crippen LogP contribution in [0.1, 0.15) is 37.6 Å². The average molecular weight is 418 g/mol. The topological polar surface area (TPSA) is 97.0 Å². The number of anilines is 1. The first-order chi connectivity index (χ1) is 14.3. The van der Waals surface area contributed by atoms with Crippen molar-refractivity contribution in [2.45, 2.75) is 45.4 Å². The highest BCUT2D eigenvalue weighted by Crippen LogP contribution is 2.18. The minimum Gasteiger partial charge on any atom is -0.378 e. The van der Waals surface area contributed by atoms with Gasteiger partial charge in [0.15, 0.2) is 5.78 Å². The predicted molar refractivity (Wildman–Crippen MR) is 113 cm³/mol. The fraction of sp³-hybridized carbons (Fsp3) is 0.591. The number of hydrogen-bond acceptors (Lipinski definition) is 6. The Kier molecular flexibility index (Phi) is 7.44. The van der Waals surface area contributed by atoms with Gasteiger partial charge in [-0.1, -0.05) is 19.9 Å². The molecule has 0 aromatic heterocycles. The highest BCUT2D eigenvalue weighted by Gasteiger charge is 2.35. The van der Waals surface area contributed by atoms with E-state index in [4.69, 9.17) is 9.47 Å². The molecular formula is C22H31N3O5. The van der Waals surface area contributed by atoms with E-state index in [1.54, 1.807) is 13.0 Å². The number of rotatable bonds is 7. The third-order valence-corrected chi connectivity index (χ3v) is 5.42. The number of nitrogens with one attached hydrogen (secondary N) is 2. The Morgan fingerprint density at radius 1 is 1.23 bits per heavy atom. The van der Waals surface area contributed by atoms with Gasteiger partial charge in [-0.05, 0) is 37.5 Å². The summed E-state index contributed by atoms with van der Waals surface area (Å²) in [6.07, 6.45) is 0.0960. The molecule has 2 amide bonds. The van der Waals surface area contributed by atoms with Crippen LogP contribution in [-0.4, -0.2) is 68.7 Å². The normalized spacial score (nSPS) is 22.8. The van der Waals surface area contributed by atoms with E-state index in [2.05, 4.69) is 15.5 Å². The van der Waals surface area contributed by atoms with E-state index in [-0.39, 0.29) is 36.2 Å². The minimum absolute atomic E-state index is 0.00164. The predicted octanol–water partition coefficient (Wildman–Crippen LogP) is 1.14. The van der Waals surface area contributed by atoms with E-state index in [0.29, 0.717) is 25.2 Å². The van der Waals surface area contributed by atoms with Gasteiger partial charge in [0.2, 0.25) is 5.91 Å². The molecule has 8 heteroatoms. The summed E-state index contributed by atoms with van der Waals surface area (Å²) in [4.78, 5) is 39.9. The lowest BCUT2D eigenvalue weighted by Gasteiger charge is -2.29. The monoisotopic (exact) mass is 417 g/mol. The molecule has 2 aliphatic rings. The summed E-state index contributed by atoms with van der Waals surface area (Å²) in [7, 11) is 0. The largest absolute Gasteiger partial charge is 0.378 e. The molecule has 2 fully saturated rings. The van der Waals surface area contributed by atoms with Crippen molar-refractivity contribution in [2.24, 2.45) is 5.92 Å². The van der Waals surface area contributed by atoms with Crippen molar-refractivity contribution >= 4 is 23.3 Å². The van der Waals surface area contributed by atoms with E-state index < -0.39 is 12.1 Å². The van der Waals surface area contributed by atoms with Crippen molar-refractivity contribution in [3.8, 4) is 0 Å². The number of morpholine rings is 1. The maximum Gasteiger partial charge on any atom is 0.252 e. The van der Waals surface area contributed by atoms with Gasteiger partial charge in [-0.15, -0.1) is 0 Å². The Balaban J connectivity index is 1.69. The summed E-state index contributed by atoms with van der Waals surface area (Å²) in [5, 5.41) is 5.61. The summed E-state index contributed by atoms with van der Waals surface area (Å²) in [5.74, 6) is -0.637. The van der Waals surface area contributed by atoms with Gasteiger partial charge in [0.05, 0.1) is 19.3 Å². The number of benzene rings is 1. The van der Waals surface area contributed by atoms with Crippen LogP contribution in [0.2, 0.25) is 0 Å². The fourth-order valence-electron chi connectivity index (χ4n) is 3.72. The Morgan fingerprint density at radius 3 is 2.60 bits per heavy atom. The molecule has 8 nitrogen and oxygen atoms in total. The van der Waals surface area contributed by atoms with E-state index >= 15 is 0 Å². The van der Waals surface area contributed by atoms with Crippen LogP contribution in [0.15, 0.2) is 24.3 Å². The van der Waals surface area contributed by atoms with Gasteiger partial charge in [-0.3, -0.25) is 14.4 Å². The molecule has 1 aromatic rings. The number of carbonyl (C=O) groups is 3. The number of nitrogens with zero attached hydrogens (tertiary/aromatic N) is 1. The molecule has 2 saturated heterocycles. The minimum atomic E-state index is -0.731. The van der Waals surface area contributed by atoms with E-state index in [0.717, 1.165) is 18.8 Å². The number of Topliss-reactive ketones (excluding diaryl/α,β-unsaturated/α-hetero) is 1. The molecule has 30 heavy (non-hydrogen) atoms. The molecule has 2 aliphatic heterocycles. The fourth-order valence-corrected chi connectivity index (χ4v) is 3.72. The molecule has 0 spiro atoms. The van der Waals surface area contributed by atoms with Crippen molar-refractivity contribution < 1.29 is 23.9 Å². The molecule has 0 unspecified atom stereocenters. The van der Waals surface area contributed by atoms with Gasteiger partial charge >= 0.3 is 0 Å². The number of ketones is 1. The smallest absolute Gasteiger partial charge is 0.252 e. The Morgan fingerprint density at radius 2 is 1.97 bits per heavy atom. The summed E-state index contributed by atoms with van der Waals surface area (Å²) in [6.45, 7) is 8.60. The highest BCUT2D eigenvalue weighted by atomic mass is 16.5. The molecule has 0 radical (unpaired) electrons. The second kappa shape index (κ2) is 10.0. The van der Waals surface area contributed by atoms with E-state index in [1.165, 1.54) is 0 Å². The lowest BCUT2D eigenvalue weighted by Crippen LogP contribution is -2.53. The third-order valence-electron chi connectivity index (χ3n) is 5.42. The average Bonchev–Trinajstić information content (AvgIpc) is 3.05. The van der Waals surface area contributed by atoms with Gasteiger partial charge in [-0.25, -0.2) is 0 Å². The highest BCUT2D eigenvalue weighted by molar-refractivity contribution is 5.99. The van der Waals surface area contributed by atoms with Gasteiger partial charge in [-0.2, -0.15) is 0 Å². The summed E-state index contributed by atoms with van der Waals surface area (Å²) >= 11 is 0. The maximum absolute atomic E-state index is 12.9. The molecule has 3 rings (SSSR count). The molecule has 0 aliphatic carbocycles. The SMILES string of the molecule is CC(C)C[C@H](NC(=O)c1cccc(N2CCOCC2)c1)C(=O)N[C@H]1C(=O)CO[C@@H]1C. The summed E-state index contributed by atoms with van der Waals surface area (Å²) in [6, 6.07) is 5.97. The second-order valence-corrected chi connectivity index (χ2v) is 8.27. The lowest BCUT2D eigenvalue weighted by molar-refractivity contribution is -0.127. The van der Waals surface area contributed by atoms with Crippen LogP contribution in [0.4, 0.5) is 5.69 Å². The van der Waals surface area contributed by atoms with Gasteiger partial charge in [0.1, 0.15) is 18.7 Å². The first kappa shape index (κ1) is 22.2. The number of ether oxygens (including phenoxy) is 2. The molecule has 0 bridgehead atoms. The molecule has 2 N–H and O–H groups in total. The van der Waals surface area contributed by atoms with Crippen LogP contribution in [0, 0.1) is 5.92 Å². The van der Waals surface area contributed by atoms with E-state index in [1.807, 2.05) is 32.0 Å². The quantitative estimate of drug-likeness (QED) is 0.691. The maximum atomic E-state index is 12.9. The van der Waals surface area contributed by atoms with Crippen molar-refractivity contribution in [3.05, 3.63) is 29.8 Å². The van der Waals surface area contributed by atoms with Crippen LogP contribution in [-0.2, 0) is 19.1 Å². The Labute approximate surface area is 177 Å². The standard InChI is InChI=1S/C22H31N3O5/c1-14(2)11-18(22(28)24-20-15(3)30-13-19(20)26)23-21(27)16-5-4-6-17(12-16)25-7-9-29-10-8-25/h4-6,12,14-15,18,20H,7-11,13H2,1-3H3,(H,23,27)(H,24,28)/t15-,18+,20-/m1/s1. The van der Waals surface area contributed by atoms with Crippen LogP contribution < -0.4 is 15.5 Å². The molecule has 0 saturated carbocycles. The first-order valence-electron chi connectivity index (χ1n) is 10.5. The molecule has 3 atom stereocenters. The number of amides is 2. The molecule has 2 heterocycles. The lowest BCUT2D eigenvalue weighted by atomic mass is 10.0. The number of hydrogen-bond donors (Lipinski definition) is 2. The Hall–Kier alpha value is -2.45. The third kappa shape index (κ3) is 5.58. The second-order valence-electron chi connectivity index (χ2n) is 8.27. The van der Waals surface area contributed by atoms with Gasteiger partial charge < -0.3 is 25.0 Å². The van der Waals surface area contributed by atoms with Crippen LogP contribution >= 0.6 is 0 Å². The van der Waals surface area contributed by atoms with Crippen molar-refractivity contribution in [1.29, 1.82) is 0 Å².